The highest BCUT2D eigenvalue weighted by Crippen LogP contribution is 2.37. The molecule has 0 saturated carbocycles. The third kappa shape index (κ3) is 4.40. The monoisotopic (exact) mass is 468 g/mol. The van der Waals surface area contributed by atoms with E-state index in [2.05, 4.69) is 45.5 Å². The number of non-ortho nitro benzene ring substituents is 1. The molecule has 7 nitrogen and oxygen atoms in total. The number of benzene rings is 3. The zero-order valence-electron chi connectivity index (χ0n) is 18.3. The summed E-state index contributed by atoms with van der Waals surface area (Å²) in [5.41, 5.74) is 6.83. The minimum Gasteiger partial charge on any atom is -0.299 e. The van der Waals surface area contributed by atoms with Crippen LogP contribution in [0.5, 0.6) is 0 Å². The van der Waals surface area contributed by atoms with Crippen molar-refractivity contribution in [3.63, 3.8) is 0 Å². The van der Waals surface area contributed by atoms with Gasteiger partial charge in [-0.25, -0.2) is 4.98 Å². The summed E-state index contributed by atoms with van der Waals surface area (Å²) >= 11 is 1.22. The second-order valence-corrected chi connectivity index (χ2v) is 8.99. The number of nitrogens with zero attached hydrogens (tertiary/aromatic N) is 3. The van der Waals surface area contributed by atoms with Crippen LogP contribution in [0.4, 0.5) is 5.69 Å². The van der Waals surface area contributed by atoms with Crippen molar-refractivity contribution in [1.82, 2.24) is 15.2 Å². The number of Topliss-reactive ketones (excluding diaryl/α,β-unsaturated/α-hetero) is 1. The zero-order valence-corrected chi connectivity index (χ0v) is 19.1. The van der Waals surface area contributed by atoms with Gasteiger partial charge >= 0.3 is 0 Å². The molecule has 0 spiro atoms. The SMILES string of the molecule is CC(=O)CSc1n[nH]c(-c2cc(-c3ccc4c(c3)C(c3ccccc3)=CC4)cc([N+](=O)[O-])c2)n1. The van der Waals surface area contributed by atoms with E-state index in [0.717, 1.165) is 28.7 Å². The number of carbonyl (C=O) groups excluding carboxylic acids is 1. The van der Waals surface area contributed by atoms with Crippen molar-refractivity contribution >= 4 is 28.8 Å². The van der Waals surface area contributed by atoms with Crippen LogP contribution < -0.4 is 0 Å². The number of H-pyrrole nitrogens is 1. The lowest BCUT2D eigenvalue weighted by Crippen LogP contribution is -1.94. The van der Waals surface area contributed by atoms with Gasteiger partial charge in [0.25, 0.3) is 5.69 Å². The van der Waals surface area contributed by atoms with Gasteiger partial charge in [-0.3, -0.25) is 20.0 Å². The van der Waals surface area contributed by atoms with Crippen molar-refractivity contribution in [1.29, 1.82) is 0 Å². The maximum atomic E-state index is 11.7. The van der Waals surface area contributed by atoms with Crippen LogP contribution in [0.1, 0.15) is 23.6 Å². The van der Waals surface area contributed by atoms with Crippen LogP contribution >= 0.6 is 11.8 Å². The van der Waals surface area contributed by atoms with Crippen molar-refractivity contribution in [2.75, 3.05) is 5.75 Å². The quantitative estimate of drug-likeness (QED) is 0.212. The molecule has 1 N–H and O–H groups in total. The average Bonchev–Trinajstić information content (AvgIpc) is 3.50. The maximum Gasteiger partial charge on any atom is 0.270 e. The Balaban J connectivity index is 1.54. The van der Waals surface area contributed by atoms with E-state index in [4.69, 9.17) is 0 Å². The number of carbonyl (C=O) groups is 1. The fourth-order valence-corrected chi connectivity index (χ4v) is 4.62. The molecule has 0 saturated heterocycles. The van der Waals surface area contributed by atoms with Crippen molar-refractivity contribution in [2.24, 2.45) is 0 Å². The Kier molecular flexibility index (Phi) is 5.81. The topological polar surface area (TPSA) is 102 Å². The molecule has 1 aliphatic carbocycles. The lowest BCUT2D eigenvalue weighted by Gasteiger charge is -2.10. The van der Waals surface area contributed by atoms with Crippen LogP contribution in [-0.2, 0) is 11.2 Å². The summed E-state index contributed by atoms with van der Waals surface area (Å²) in [6, 6.07) is 21.3. The lowest BCUT2D eigenvalue weighted by molar-refractivity contribution is -0.384. The van der Waals surface area contributed by atoms with Crippen molar-refractivity contribution < 1.29 is 9.72 Å². The summed E-state index contributed by atoms with van der Waals surface area (Å²) in [5, 5.41) is 19.1. The molecule has 1 heterocycles. The summed E-state index contributed by atoms with van der Waals surface area (Å²) < 4.78 is 0. The van der Waals surface area contributed by atoms with Crippen LogP contribution in [0.25, 0.3) is 28.1 Å². The lowest BCUT2D eigenvalue weighted by atomic mass is 9.94. The molecule has 0 unspecified atom stereocenters. The summed E-state index contributed by atoms with van der Waals surface area (Å²) in [7, 11) is 0. The fourth-order valence-electron chi connectivity index (χ4n) is 4.02. The maximum absolute atomic E-state index is 11.7. The van der Waals surface area contributed by atoms with E-state index in [-0.39, 0.29) is 17.2 Å². The number of thioether (sulfide) groups is 1. The van der Waals surface area contributed by atoms with Crippen LogP contribution in [0.2, 0.25) is 0 Å². The molecule has 0 amide bonds. The molecular formula is C26H20N4O3S. The van der Waals surface area contributed by atoms with Gasteiger partial charge in [-0.05, 0) is 58.9 Å². The molecule has 168 valence electrons. The first kappa shape index (κ1) is 21.8. The van der Waals surface area contributed by atoms with Gasteiger partial charge in [-0.15, -0.1) is 5.10 Å². The van der Waals surface area contributed by atoms with E-state index in [1.165, 1.54) is 35.9 Å². The summed E-state index contributed by atoms with van der Waals surface area (Å²) in [6.07, 6.45) is 3.08. The molecule has 8 heteroatoms. The second kappa shape index (κ2) is 9.07. The first-order valence-corrected chi connectivity index (χ1v) is 11.7. The number of nitro groups is 1. The van der Waals surface area contributed by atoms with Gasteiger partial charge in [-0.1, -0.05) is 60.3 Å². The number of nitro benzene ring substituents is 1. The largest absolute Gasteiger partial charge is 0.299 e. The number of fused-ring (bicyclic) bond motifs is 1. The highest BCUT2D eigenvalue weighted by Gasteiger charge is 2.19. The predicted octanol–water partition coefficient (Wildman–Crippen LogP) is 5.72. The van der Waals surface area contributed by atoms with Gasteiger partial charge in [-0.2, -0.15) is 0 Å². The normalized spacial score (nSPS) is 12.3. The van der Waals surface area contributed by atoms with Crippen LogP contribution in [0.3, 0.4) is 0 Å². The van der Waals surface area contributed by atoms with Crippen LogP contribution in [0.15, 0.2) is 78.0 Å². The molecule has 5 rings (SSSR count). The molecule has 0 fully saturated rings. The third-order valence-corrected chi connectivity index (χ3v) is 6.61. The van der Waals surface area contributed by atoms with Gasteiger partial charge in [0, 0.05) is 17.7 Å². The smallest absolute Gasteiger partial charge is 0.270 e. The number of hydrogen-bond donors (Lipinski definition) is 1. The first-order valence-electron chi connectivity index (χ1n) is 10.7. The number of rotatable bonds is 7. The Morgan fingerprint density at radius 2 is 1.82 bits per heavy atom. The molecule has 1 aliphatic rings. The summed E-state index contributed by atoms with van der Waals surface area (Å²) in [6.45, 7) is 1.50. The van der Waals surface area contributed by atoms with Gasteiger partial charge < -0.3 is 0 Å². The van der Waals surface area contributed by atoms with Crippen LogP contribution in [-0.4, -0.2) is 31.6 Å². The minimum absolute atomic E-state index is 0.0227. The summed E-state index contributed by atoms with van der Waals surface area (Å²) in [5.74, 6) is 0.709. The molecule has 0 aliphatic heterocycles. The van der Waals surface area contributed by atoms with Crippen LogP contribution in [0, 0.1) is 10.1 Å². The standard InChI is InChI=1S/C26H20N4O3S/c1-16(31)15-34-26-27-25(28-29-26)21-11-20(12-22(13-21)30(32)33)19-8-7-18-9-10-23(24(18)14-19)17-5-3-2-4-6-17/h2-8,10-14H,9,15H2,1H3,(H,27,28,29). The van der Waals surface area contributed by atoms with Gasteiger partial charge in [0.1, 0.15) is 5.78 Å². The predicted molar refractivity (Wildman–Crippen MR) is 133 cm³/mol. The van der Waals surface area contributed by atoms with Gasteiger partial charge in [0.15, 0.2) is 5.82 Å². The highest BCUT2D eigenvalue weighted by molar-refractivity contribution is 7.99. The Labute approximate surface area is 200 Å². The molecule has 4 aromatic rings. The molecular weight excluding hydrogens is 448 g/mol. The Morgan fingerprint density at radius 3 is 2.59 bits per heavy atom. The Bertz CT molecular complexity index is 1440. The molecule has 0 atom stereocenters. The summed E-state index contributed by atoms with van der Waals surface area (Å²) in [4.78, 5) is 26.9. The second-order valence-electron chi connectivity index (χ2n) is 8.04. The van der Waals surface area contributed by atoms with E-state index in [1.807, 2.05) is 30.3 Å². The van der Waals surface area contributed by atoms with E-state index in [1.54, 1.807) is 6.07 Å². The molecule has 0 radical (unpaired) electrons. The number of aromatic amines is 1. The molecule has 0 bridgehead atoms. The van der Waals surface area contributed by atoms with Crippen molar-refractivity contribution in [3.05, 3.63) is 99.6 Å². The minimum atomic E-state index is -0.405. The molecule has 3 aromatic carbocycles. The Hall–Kier alpha value is -4.04. The number of hydrogen-bond acceptors (Lipinski definition) is 6. The van der Waals surface area contributed by atoms with Gasteiger partial charge in [0.2, 0.25) is 5.16 Å². The van der Waals surface area contributed by atoms with E-state index >= 15 is 0 Å². The van der Waals surface area contributed by atoms with Crippen molar-refractivity contribution in [3.8, 4) is 22.5 Å². The Morgan fingerprint density at radius 1 is 1.03 bits per heavy atom. The number of nitrogens with one attached hydrogen (secondary N) is 1. The zero-order chi connectivity index (χ0) is 23.7. The molecule has 1 aromatic heterocycles. The van der Waals surface area contributed by atoms with E-state index in [0.29, 0.717) is 16.5 Å². The van der Waals surface area contributed by atoms with E-state index < -0.39 is 4.92 Å². The fraction of sp³-hybridized carbons (Fsp3) is 0.115. The van der Waals surface area contributed by atoms with Crippen molar-refractivity contribution in [2.45, 2.75) is 18.5 Å². The highest BCUT2D eigenvalue weighted by atomic mass is 32.2. The molecule has 34 heavy (non-hydrogen) atoms. The first-order chi connectivity index (χ1) is 16.5. The van der Waals surface area contributed by atoms with Gasteiger partial charge in [0.05, 0.1) is 10.7 Å². The number of ketones is 1. The third-order valence-electron chi connectivity index (χ3n) is 5.62. The average molecular weight is 469 g/mol. The van der Waals surface area contributed by atoms with E-state index in [9.17, 15) is 14.9 Å². The number of aromatic nitrogens is 3. The number of allylic oxidation sites excluding steroid dienone is 1.